The van der Waals surface area contributed by atoms with Crippen LogP contribution in [0.4, 0.5) is 5.69 Å². The quantitative estimate of drug-likeness (QED) is 0.741. The lowest BCUT2D eigenvalue weighted by Crippen LogP contribution is -2.46. The molecule has 0 aromatic heterocycles. The molecular formula is C23H30N2O3S. The molecule has 29 heavy (non-hydrogen) atoms. The lowest BCUT2D eigenvalue weighted by molar-refractivity contribution is -0.131. The second kappa shape index (κ2) is 8.57. The smallest absolute Gasteiger partial charge is 0.264 e. The Bertz CT molecular complexity index is 984. The standard InChI is InChI=1S/C23H30N2O3S/c1-17-8-11-21(12-9-17)29(27,28)25(22-14-18(2)7-10-20(22)4)16-23(26)24-13-5-6-19(3)15-24/h7-12,14,19H,5-6,13,15-16H2,1-4H3. The molecular weight excluding hydrogens is 384 g/mol. The van der Waals surface area contributed by atoms with E-state index in [1.807, 2.05) is 39.0 Å². The molecule has 6 heteroatoms. The number of piperidine rings is 1. The molecule has 0 radical (unpaired) electrons. The summed E-state index contributed by atoms with van der Waals surface area (Å²) in [6.07, 6.45) is 2.06. The van der Waals surface area contributed by atoms with Gasteiger partial charge in [-0.05, 0) is 68.9 Å². The number of carbonyl (C=O) groups is 1. The van der Waals surface area contributed by atoms with E-state index in [9.17, 15) is 13.2 Å². The van der Waals surface area contributed by atoms with Crippen molar-refractivity contribution in [2.75, 3.05) is 23.9 Å². The molecule has 1 fully saturated rings. The number of rotatable bonds is 5. The lowest BCUT2D eigenvalue weighted by Gasteiger charge is -2.33. The Labute approximate surface area is 174 Å². The number of anilines is 1. The summed E-state index contributed by atoms with van der Waals surface area (Å²) in [6.45, 7) is 9.03. The van der Waals surface area contributed by atoms with Crippen LogP contribution < -0.4 is 4.31 Å². The van der Waals surface area contributed by atoms with E-state index in [-0.39, 0.29) is 17.3 Å². The maximum atomic E-state index is 13.5. The minimum absolute atomic E-state index is 0.145. The average Bonchev–Trinajstić information content (AvgIpc) is 2.68. The van der Waals surface area contributed by atoms with Gasteiger partial charge >= 0.3 is 0 Å². The first-order valence-corrected chi connectivity index (χ1v) is 11.6. The van der Waals surface area contributed by atoms with E-state index in [4.69, 9.17) is 0 Å². The molecule has 0 aliphatic carbocycles. The van der Waals surface area contributed by atoms with Gasteiger partial charge in [0.15, 0.2) is 0 Å². The van der Waals surface area contributed by atoms with Crippen LogP contribution in [-0.2, 0) is 14.8 Å². The van der Waals surface area contributed by atoms with Crippen molar-refractivity contribution < 1.29 is 13.2 Å². The number of carbonyl (C=O) groups excluding carboxylic acids is 1. The number of benzene rings is 2. The maximum absolute atomic E-state index is 13.5. The molecule has 1 atom stereocenters. The molecule has 1 heterocycles. The largest absolute Gasteiger partial charge is 0.341 e. The summed E-state index contributed by atoms with van der Waals surface area (Å²) >= 11 is 0. The molecule has 1 saturated heterocycles. The van der Waals surface area contributed by atoms with Gasteiger partial charge in [-0.3, -0.25) is 9.10 Å². The van der Waals surface area contributed by atoms with E-state index < -0.39 is 10.0 Å². The molecule has 3 rings (SSSR count). The van der Waals surface area contributed by atoms with Gasteiger partial charge in [0.05, 0.1) is 10.6 Å². The van der Waals surface area contributed by atoms with E-state index in [1.165, 1.54) is 4.31 Å². The van der Waals surface area contributed by atoms with Crippen molar-refractivity contribution in [3.8, 4) is 0 Å². The molecule has 0 saturated carbocycles. The maximum Gasteiger partial charge on any atom is 0.264 e. The van der Waals surface area contributed by atoms with Crippen LogP contribution >= 0.6 is 0 Å². The SMILES string of the molecule is Cc1ccc(S(=O)(=O)N(CC(=O)N2CCCC(C)C2)c2cc(C)ccc2C)cc1. The highest BCUT2D eigenvalue weighted by Gasteiger charge is 2.31. The summed E-state index contributed by atoms with van der Waals surface area (Å²) < 4.78 is 28.4. The third-order valence-corrected chi connectivity index (χ3v) is 7.30. The Morgan fingerprint density at radius 3 is 2.38 bits per heavy atom. The van der Waals surface area contributed by atoms with Crippen molar-refractivity contribution in [2.24, 2.45) is 5.92 Å². The van der Waals surface area contributed by atoms with Crippen molar-refractivity contribution in [2.45, 2.75) is 45.4 Å². The fourth-order valence-corrected chi connectivity index (χ4v) is 5.23. The number of sulfonamides is 1. The van der Waals surface area contributed by atoms with E-state index in [1.54, 1.807) is 29.2 Å². The molecule has 1 aliphatic rings. The summed E-state index contributed by atoms with van der Waals surface area (Å²) in [5, 5.41) is 0. The molecule has 2 aromatic rings. The van der Waals surface area contributed by atoms with Gasteiger partial charge in [0.1, 0.15) is 6.54 Å². The zero-order chi connectivity index (χ0) is 21.2. The number of nitrogens with zero attached hydrogens (tertiary/aromatic N) is 2. The van der Waals surface area contributed by atoms with Crippen LogP contribution in [0.5, 0.6) is 0 Å². The predicted octanol–water partition coefficient (Wildman–Crippen LogP) is 4.07. The van der Waals surface area contributed by atoms with Crippen LogP contribution in [-0.4, -0.2) is 38.9 Å². The zero-order valence-corrected chi connectivity index (χ0v) is 18.5. The first kappa shape index (κ1) is 21.4. The number of hydrogen-bond acceptors (Lipinski definition) is 3. The molecule has 5 nitrogen and oxygen atoms in total. The van der Waals surface area contributed by atoms with Crippen molar-refractivity contribution >= 4 is 21.6 Å². The first-order chi connectivity index (χ1) is 13.7. The van der Waals surface area contributed by atoms with Crippen LogP contribution in [0.15, 0.2) is 47.4 Å². The second-order valence-corrected chi connectivity index (χ2v) is 10.1. The molecule has 156 valence electrons. The summed E-state index contributed by atoms with van der Waals surface area (Å²) in [5.74, 6) is 0.295. The lowest BCUT2D eigenvalue weighted by atomic mass is 10.0. The Morgan fingerprint density at radius 2 is 1.72 bits per heavy atom. The summed E-state index contributed by atoms with van der Waals surface area (Å²) in [5.41, 5.74) is 3.32. The van der Waals surface area contributed by atoms with Gasteiger partial charge in [0.2, 0.25) is 5.91 Å². The Balaban J connectivity index is 2.01. The van der Waals surface area contributed by atoms with E-state index in [0.29, 0.717) is 24.7 Å². The van der Waals surface area contributed by atoms with Crippen molar-refractivity contribution in [3.05, 3.63) is 59.2 Å². The Hall–Kier alpha value is -2.34. The molecule has 2 aromatic carbocycles. The topological polar surface area (TPSA) is 57.7 Å². The number of hydrogen-bond donors (Lipinski definition) is 0. The van der Waals surface area contributed by atoms with Crippen molar-refractivity contribution in [3.63, 3.8) is 0 Å². The van der Waals surface area contributed by atoms with Gasteiger partial charge in [-0.15, -0.1) is 0 Å². The summed E-state index contributed by atoms with van der Waals surface area (Å²) in [7, 11) is -3.87. The third-order valence-electron chi connectivity index (χ3n) is 5.53. The summed E-state index contributed by atoms with van der Waals surface area (Å²) in [6, 6.07) is 12.5. The Morgan fingerprint density at radius 1 is 1.07 bits per heavy atom. The van der Waals surface area contributed by atoms with Gasteiger partial charge in [-0.1, -0.05) is 36.8 Å². The number of aryl methyl sites for hydroxylation is 3. The van der Waals surface area contributed by atoms with Crippen LogP contribution in [0, 0.1) is 26.7 Å². The van der Waals surface area contributed by atoms with Crippen LogP contribution in [0.3, 0.4) is 0 Å². The van der Waals surface area contributed by atoms with Gasteiger partial charge in [-0.25, -0.2) is 8.42 Å². The average molecular weight is 415 g/mol. The molecule has 0 bridgehead atoms. The van der Waals surface area contributed by atoms with E-state index in [2.05, 4.69) is 6.92 Å². The van der Waals surface area contributed by atoms with Gasteiger partial charge in [0, 0.05) is 13.1 Å². The van der Waals surface area contributed by atoms with Crippen LogP contribution in [0.1, 0.15) is 36.5 Å². The highest BCUT2D eigenvalue weighted by atomic mass is 32.2. The third kappa shape index (κ3) is 4.81. The van der Waals surface area contributed by atoms with E-state index >= 15 is 0 Å². The van der Waals surface area contributed by atoms with Crippen LogP contribution in [0.25, 0.3) is 0 Å². The predicted molar refractivity (Wildman–Crippen MR) is 117 cm³/mol. The van der Waals surface area contributed by atoms with Crippen molar-refractivity contribution in [1.29, 1.82) is 0 Å². The highest BCUT2D eigenvalue weighted by Crippen LogP contribution is 2.28. The summed E-state index contributed by atoms with van der Waals surface area (Å²) in [4.78, 5) is 15.1. The van der Waals surface area contributed by atoms with Gasteiger partial charge in [-0.2, -0.15) is 0 Å². The van der Waals surface area contributed by atoms with E-state index in [0.717, 1.165) is 29.5 Å². The van der Waals surface area contributed by atoms with Crippen molar-refractivity contribution in [1.82, 2.24) is 4.90 Å². The number of amides is 1. The van der Waals surface area contributed by atoms with Crippen LogP contribution in [0.2, 0.25) is 0 Å². The Kier molecular flexibility index (Phi) is 6.32. The molecule has 0 N–H and O–H groups in total. The number of likely N-dealkylation sites (tertiary alicyclic amines) is 1. The molecule has 1 aliphatic heterocycles. The first-order valence-electron chi connectivity index (χ1n) is 10.1. The normalized spacial score (nSPS) is 17.2. The monoisotopic (exact) mass is 414 g/mol. The minimum atomic E-state index is -3.87. The fourth-order valence-electron chi connectivity index (χ4n) is 3.76. The highest BCUT2D eigenvalue weighted by molar-refractivity contribution is 7.92. The van der Waals surface area contributed by atoms with Gasteiger partial charge < -0.3 is 4.90 Å². The van der Waals surface area contributed by atoms with Gasteiger partial charge in [0.25, 0.3) is 10.0 Å². The molecule has 1 amide bonds. The second-order valence-electron chi connectivity index (χ2n) is 8.20. The zero-order valence-electron chi connectivity index (χ0n) is 17.7. The molecule has 1 unspecified atom stereocenters. The fraction of sp³-hybridized carbons (Fsp3) is 0.435. The molecule has 0 spiro atoms. The minimum Gasteiger partial charge on any atom is -0.341 e.